The van der Waals surface area contributed by atoms with Crippen molar-refractivity contribution in [1.29, 1.82) is 0 Å². The number of amides is 3. The number of carbonyl (C=O) groups is 3. The molecule has 0 aliphatic carbocycles. The summed E-state index contributed by atoms with van der Waals surface area (Å²) in [5, 5.41) is 10.6. The van der Waals surface area contributed by atoms with Crippen molar-refractivity contribution in [2.75, 3.05) is 6.54 Å². The van der Waals surface area contributed by atoms with Crippen molar-refractivity contribution in [3.05, 3.63) is 0 Å². The first kappa shape index (κ1) is 18.0. The molecule has 0 spiro atoms. The smallest absolute Gasteiger partial charge is 0.406 e. The molecule has 0 unspecified atom stereocenters. The minimum atomic E-state index is -4.62. The van der Waals surface area contributed by atoms with Gasteiger partial charge in [-0.3, -0.25) is 4.79 Å². The molecule has 0 rings (SSSR count). The van der Waals surface area contributed by atoms with E-state index in [1.807, 2.05) is 5.32 Å². The molecule has 0 heterocycles. The summed E-state index contributed by atoms with van der Waals surface area (Å²) in [7, 11) is 0. The van der Waals surface area contributed by atoms with Crippen molar-refractivity contribution in [2.24, 2.45) is 5.73 Å². The van der Waals surface area contributed by atoms with E-state index in [1.165, 1.54) is 13.8 Å². The van der Waals surface area contributed by atoms with Crippen LogP contribution in [-0.2, 0) is 9.59 Å². The Kier molecular flexibility index (Phi) is 6.27. The van der Waals surface area contributed by atoms with Gasteiger partial charge in [0.05, 0.1) is 6.42 Å². The molecular weight excluding hydrogens is 283 g/mol. The number of urea groups is 1. The Hall–Kier alpha value is -2.00. The van der Waals surface area contributed by atoms with Gasteiger partial charge in [-0.25, -0.2) is 9.59 Å². The van der Waals surface area contributed by atoms with Crippen LogP contribution in [0.5, 0.6) is 0 Å². The third-order valence-electron chi connectivity index (χ3n) is 2.23. The number of nitrogens with two attached hydrogens (primary N) is 1. The number of aliphatic carboxylic acids is 1. The number of alkyl halides is 3. The molecule has 0 aromatic heterocycles. The monoisotopic (exact) mass is 299 g/mol. The van der Waals surface area contributed by atoms with Crippen molar-refractivity contribution < 1.29 is 32.7 Å². The van der Waals surface area contributed by atoms with Gasteiger partial charge >= 0.3 is 18.2 Å². The first-order valence-corrected chi connectivity index (χ1v) is 5.59. The standard InChI is InChI=1S/C10H16F3N3O4/c1-5(2)16(4-10(11,12)13)9(20)15-6(8(18)19)3-7(14)17/h5-6H,3-4H2,1-2H3,(H2,14,17)(H,15,20)(H,18,19)/t6-/m0/s1. The molecule has 4 N–H and O–H groups in total. The molecule has 0 aromatic rings. The Bertz CT molecular complexity index is 384. The number of nitrogens with zero attached hydrogens (tertiary/aromatic N) is 1. The van der Waals surface area contributed by atoms with E-state index >= 15 is 0 Å². The van der Waals surface area contributed by atoms with Gasteiger partial charge < -0.3 is 21.1 Å². The molecule has 0 radical (unpaired) electrons. The van der Waals surface area contributed by atoms with E-state index in [9.17, 15) is 27.6 Å². The Morgan fingerprint density at radius 3 is 2.10 bits per heavy atom. The molecule has 1 atom stereocenters. The lowest BCUT2D eigenvalue weighted by molar-refractivity contribution is -0.144. The van der Waals surface area contributed by atoms with Crippen molar-refractivity contribution in [3.8, 4) is 0 Å². The molecule has 0 fully saturated rings. The van der Waals surface area contributed by atoms with Gasteiger partial charge in [0.25, 0.3) is 0 Å². The molecule has 0 bridgehead atoms. The number of halogens is 3. The van der Waals surface area contributed by atoms with Crippen LogP contribution in [0.3, 0.4) is 0 Å². The highest BCUT2D eigenvalue weighted by atomic mass is 19.4. The Morgan fingerprint density at radius 1 is 1.30 bits per heavy atom. The van der Waals surface area contributed by atoms with E-state index in [1.54, 1.807) is 0 Å². The third kappa shape index (κ3) is 6.81. The zero-order valence-corrected chi connectivity index (χ0v) is 10.9. The van der Waals surface area contributed by atoms with Crippen molar-refractivity contribution in [1.82, 2.24) is 10.2 Å². The summed E-state index contributed by atoms with van der Waals surface area (Å²) < 4.78 is 37.0. The predicted molar refractivity (Wildman–Crippen MR) is 61.7 cm³/mol. The van der Waals surface area contributed by atoms with Gasteiger partial charge in [-0.2, -0.15) is 13.2 Å². The number of carboxylic acids is 1. The summed E-state index contributed by atoms with van der Waals surface area (Å²) in [6, 6.07) is -3.71. The quantitative estimate of drug-likeness (QED) is 0.654. The molecule has 0 saturated carbocycles. The molecule has 20 heavy (non-hydrogen) atoms. The van der Waals surface area contributed by atoms with Crippen LogP contribution in [0.1, 0.15) is 20.3 Å². The number of hydrogen-bond acceptors (Lipinski definition) is 3. The van der Waals surface area contributed by atoms with Crippen LogP contribution in [0.25, 0.3) is 0 Å². The second-order valence-electron chi connectivity index (χ2n) is 4.35. The van der Waals surface area contributed by atoms with Gasteiger partial charge in [-0.1, -0.05) is 0 Å². The van der Waals surface area contributed by atoms with E-state index < -0.39 is 49.1 Å². The third-order valence-corrected chi connectivity index (χ3v) is 2.23. The van der Waals surface area contributed by atoms with E-state index in [4.69, 9.17) is 10.8 Å². The lowest BCUT2D eigenvalue weighted by Crippen LogP contribution is -2.53. The summed E-state index contributed by atoms with van der Waals surface area (Å²) in [5.41, 5.74) is 4.80. The Labute approximate surface area is 112 Å². The maximum Gasteiger partial charge on any atom is 0.406 e. The normalized spacial score (nSPS) is 12.9. The zero-order chi connectivity index (χ0) is 16.1. The molecule has 0 aromatic carbocycles. The lowest BCUT2D eigenvalue weighted by atomic mass is 10.2. The molecule has 0 aliphatic heterocycles. The first-order chi connectivity index (χ1) is 8.94. The largest absolute Gasteiger partial charge is 0.480 e. The van der Waals surface area contributed by atoms with Gasteiger partial charge in [-0.05, 0) is 13.8 Å². The van der Waals surface area contributed by atoms with Crippen LogP contribution in [0, 0.1) is 0 Å². The van der Waals surface area contributed by atoms with Crippen LogP contribution in [-0.4, -0.2) is 52.7 Å². The average Bonchev–Trinajstić information content (AvgIpc) is 2.22. The van der Waals surface area contributed by atoms with Gasteiger partial charge in [-0.15, -0.1) is 0 Å². The minimum Gasteiger partial charge on any atom is -0.480 e. The van der Waals surface area contributed by atoms with E-state index in [-0.39, 0.29) is 0 Å². The van der Waals surface area contributed by atoms with Crippen molar-refractivity contribution >= 4 is 17.9 Å². The van der Waals surface area contributed by atoms with Crippen LogP contribution in [0.2, 0.25) is 0 Å². The maximum atomic E-state index is 12.3. The highest BCUT2D eigenvalue weighted by molar-refractivity contribution is 5.87. The Morgan fingerprint density at radius 2 is 1.80 bits per heavy atom. The van der Waals surface area contributed by atoms with Gasteiger partial charge in [0.2, 0.25) is 5.91 Å². The fourth-order valence-electron chi connectivity index (χ4n) is 1.32. The SMILES string of the molecule is CC(C)N(CC(F)(F)F)C(=O)N[C@@H](CC(N)=O)C(=O)O. The topological polar surface area (TPSA) is 113 Å². The van der Waals surface area contributed by atoms with Crippen molar-refractivity contribution in [2.45, 2.75) is 38.5 Å². The van der Waals surface area contributed by atoms with Gasteiger partial charge in [0, 0.05) is 6.04 Å². The van der Waals surface area contributed by atoms with Crippen LogP contribution in [0.4, 0.5) is 18.0 Å². The summed E-state index contributed by atoms with van der Waals surface area (Å²) in [5.74, 6) is -2.56. The molecule has 0 aliphatic rings. The first-order valence-electron chi connectivity index (χ1n) is 5.59. The van der Waals surface area contributed by atoms with E-state index in [0.717, 1.165) is 0 Å². The average molecular weight is 299 g/mol. The van der Waals surface area contributed by atoms with E-state index in [0.29, 0.717) is 4.90 Å². The van der Waals surface area contributed by atoms with Crippen LogP contribution >= 0.6 is 0 Å². The number of rotatable bonds is 6. The predicted octanol–water partition coefficient (Wildman–Crippen LogP) is 0.297. The zero-order valence-electron chi connectivity index (χ0n) is 10.9. The minimum absolute atomic E-state index is 0.414. The van der Waals surface area contributed by atoms with Gasteiger partial charge in [0.1, 0.15) is 12.6 Å². The molecule has 10 heteroatoms. The van der Waals surface area contributed by atoms with Crippen molar-refractivity contribution in [3.63, 3.8) is 0 Å². The molecule has 116 valence electrons. The molecule has 3 amide bonds. The summed E-state index contributed by atoms with van der Waals surface area (Å²) in [4.78, 5) is 33.5. The lowest BCUT2D eigenvalue weighted by Gasteiger charge is -2.29. The number of carbonyl (C=O) groups excluding carboxylic acids is 2. The summed E-state index contributed by atoms with van der Waals surface area (Å²) in [6.07, 6.45) is -5.33. The van der Waals surface area contributed by atoms with Crippen LogP contribution in [0.15, 0.2) is 0 Å². The maximum absolute atomic E-state index is 12.3. The fourth-order valence-corrected chi connectivity index (χ4v) is 1.32. The van der Waals surface area contributed by atoms with Gasteiger partial charge in [0.15, 0.2) is 0 Å². The molecular formula is C10H16F3N3O4. The number of primary amides is 1. The van der Waals surface area contributed by atoms with Crippen LogP contribution < -0.4 is 11.1 Å². The fraction of sp³-hybridized carbons (Fsp3) is 0.700. The Balaban J connectivity index is 4.89. The van der Waals surface area contributed by atoms with E-state index in [2.05, 4.69) is 0 Å². The summed E-state index contributed by atoms with van der Waals surface area (Å²) >= 11 is 0. The second kappa shape index (κ2) is 6.96. The second-order valence-corrected chi connectivity index (χ2v) is 4.35. The summed E-state index contributed by atoms with van der Waals surface area (Å²) in [6.45, 7) is 1.16. The number of nitrogens with one attached hydrogen (secondary N) is 1. The molecule has 7 nitrogen and oxygen atoms in total. The molecule has 0 saturated heterocycles. The number of carboxylic acid groups (broad SMARTS) is 1. The highest BCUT2D eigenvalue weighted by Crippen LogP contribution is 2.18. The number of hydrogen-bond donors (Lipinski definition) is 3. The highest BCUT2D eigenvalue weighted by Gasteiger charge is 2.35.